The number of anilines is 1. The third kappa shape index (κ3) is 4.46. The second-order valence-electron chi connectivity index (χ2n) is 8.25. The van der Waals surface area contributed by atoms with Crippen molar-refractivity contribution in [1.29, 1.82) is 0 Å². The molecule has 2 aromatic rings. The zero-order valence-electron chi connectivity index (χ0n) is 18.4. The Morgan fingerprint density at radius 3 is 2.38 bits per heavy atom. The highest BCUT2D eigenvalue weighted by Gasteiger charge is 2.33. The summed E-state index contributed by atoms with van der Waals surface area (Å²) in [7, 11) is -3.63. The van der Waals surface area contributed by atoms with Crippen LogP contribution in [0, 0.1) is 0 Å². The lowest BCUT2D eigenvalue weighted by Gasteiger charge is -2.26. The molecule has 0 unspecified atom stereocenters. The number of benzene rings is 2. The molecule has 3 aliphatic heterocycles. The van der Waals surface area contributed by atoms with Crippen LogP contribution in [0.4, 0.5) is 5.69 Å². The predicted molar refractivity (Wildman–Crippen MR) is 122 cm³/mol. The van der Waals surface area contributed by atoms with Gasteiger partial charge in [0, 0.05) is 43.4 Å². The number of fused-ring (bicyclic) bond motifs is 1. The second kappa shape index (κ2) is 9.24. The molecule has 2 saturated heterocycles. The molecular formula is C23H25N3O7S. The maximum atomic E-state index is 12.8. The molecule has 2 fully saturated rings. The standard InChI is InChI=1S/C23H25N3O7S/c27-22-13-17(15-26(22)18-3-6-20-21(14-18)33-12-11-32-20)24-23(28)16-1-4-19(5-2-16)34(29,30)25-7-9-31-10-8-25/h1-6,14,17H,7-13,15H2,(H,24,28)/t17-/m0/s1. The summed E-state index contributed by atoms with van der Waals surface area (Å²) >= 11 is 0. The van der Waals surface area contributed by atoms with Crippen molar-refractivity contribution in [3.63, 3.8) is 0 Å². The molecule has 0 aromatic heterocycles. The smallest absolute Gasteiger partial charge is 0.251 e. The summed E-state index contributed by atoms with van der Waals surface area (Å²) in [6.45, 7) is 2.61. The van der Waals surface area contributed by atoms with Gasteiger partial charge in [-0.1, -0.05) is 0 Å². The molecule has 10 nitrogen and oxygen atoms in total. The molecule has 2 aromatic carbocycles. The van der Waals surface area contributed by atoms with E-state index in [0.717, 1.165) is 0 Å². The second-order valence-corrected chi connectivity index (χ2v) is 10.2. The van der Waals surface area contributed by atoms with E-state index in [2.05, 4.69) is 5.32 Å². The molecule has 0 bridgehead atoms. The van der Waals surface area contributed by atoms with Gasteiger partial charge in [-0.3, -0.25) is 9.59 Å². The van der Waals surface area contributed by atoms with Crippen LogP contribution in [-0.4, -0.2) is 76.6 Å². The molecule has 1 atom stereocenters. The number of amides is 2. The number of carbonyl (C=O) groups is 2. The molecule has 0 aliphatic carbocycles. The van der Waals surface area contributed by atoms with Crippen molar-refractivity contribution in [3.8, 4) is 11.5 Å². The largest absolute Gasteiger partial charge is 0.486 e. The van der Waals surface area contributed by atoms with E-state index >= 15 is 0 Å². The van der Waals surface area contributed by atoms with Gasteiger partial charge in [0.25, 0.3) is 5.91 Å². The fraction of sp³-hybridized carbons (Fsp3) is 0.391. The highest BCUT2D eigenvalue weighted by molar-refractivity contribution is 7.89. The molecule has 34 heavy (non-hydrogen) atoms. The van der Waals surface area contributed by atoms with Gasteiger partial charge in [0.15, 0.2) is 11.5 Å². The van der Waals surface area contributed by atoms with Crippen LogP contribution in [0.25, 0.3) is 0 Å². The number of rotatable bonds is 5. The van der Waals surface area contributed by atoms with Gasteiger partial charge < -0.3 is 24.4 Å². The third-order valence-corrected chi connectivity index (χ3v) is 7.93. The van der Waals surface area contributed by atoms with E-state index in [0.29, 0.717) is 68.8 Å². The maximum absolute atomic E-state index is 12.8. The van der Waals surface area contributed by atoms with Crippen LogP contribution < -0.4 is 19.7 Å². The molecule has 11 heteroatoms. The van der Waals surface area contributed by atoms with Crippen LogP contribution in [0.3, 0.4) is 0 Å². The number of nitrogens with zero attached hydrogens (tertiary/aromatic N) is 2. The summed E-state index contributed by atoms with van der Waals surface area (Å²) in [5, 5.41) is 2.88. The first-order valence-corrected chi connectivity index (χ1v) is 12.5. The van der Waals surface area contributed by atoms with Crippen molar-refractivity contribution < 1.29 is 32.2 Å². The molecule has 5 rings (SSSR count). The van der Waals surface area contributed by atoms with Gasteiger partial charge in [-0.15, -0.1) is 0 Å². The first-order valence-electron chi connectivity index (χ1n) is 11.1. The number of hydrogen-bond donors (Lipinski definition) is 1. The van der Waals surface area contributed by atoms with E-state index in [4.69, 9.17) is 14.2 Å². The fourth-order valence-electron chi connectivity index (χ4n) is 4.24. The molecule has 1 N–H and O–H groups in total. The van der Waals surface area contributed by atoms with Crippen LogP contribution in [0.15, 0.2) is 47.4 Å². The van der Waals surface area contributed by atoms with Gasteiger partial charge in [0.1, 0.15) is 13.2 Å². The number of sulfonamides is 1. The molecule has 180 valence electrons. The average Bonchev–Trinajstić information content (AvgIpc) is 3.24. The van der Waals surface area contributed by atoms with E-state index in [9.17, 15) is 18.0 Å². The van der Waals surface area contributed by atoms with Crippen LogP contribution in [-0.2, 0) is 19.6 Å². The SMILES string of the molecule is O=C(N[C@H]1CC(=O)N(c2ccc3c(c2)OCCO3)C1)c1ccc(S(=O)(=O)N2CCOCC2)cc1. The normalized spacial score (nSPS) is 20.9. The van der Waals surface area contributed by atoms with Crippen molar-refractivity contribution in [1.82, 2.24) is 9.62 Å². The topological polar surface area (TPSA) is 114 Å². The zero-order chi connectivity index (χ0) is 23.7. The van der Waals surface area contributed by atoms with Crippen molar-refractivity contribution in [2.75, 3.05) is 51.0 Å². The Hall–Kier alpha value is -3.15. The average molecular weight is 488 g/mol. The van der Waals surface area contributed by atoms with E-state index in [1.54, 1.807) is 23.1 Å². The lowest BCUT2D eigenvalue weighted by Crippen LogP contribution is -2.40. The Kier molecular flexibility index (Phi) is 6.15. The van der Waals surface area contributed by atoms with Crippen LogP contribution in [0.2, 0.25) is 0 Å². The predicted octanol–water partition coefficient (Wildman–Crippen LogP) is 1.01. The summed E-state index contributed by atoms with van der Waals surface area (Å²) in [5.74, 6) is 0.771. The summed E-state index contributed by atoms with van der Waals surface area (Å²) in [6.07, 6.45) is 0.170. The highest BCUT2D eigenvalue weighted by Crippen LogP contribution is 2.35. The lowest BCUT2D eigenvalue weighted by atomic mass is 10.2. The highest BCUT2D eigenvalue weighted by atomic mass is 32.2. The van der Waals surface area contributed by atoms with Crippen molar-refractivity contribution in [2.45, 2.75) is 17.4 Å². The van der Waals surface area contributed by atoms with Gasteiger partial charge in [-0.2, -0.15) is 4.31 Å². The minimum absolute atomic E-state index is 0.103. The number of morpholine rings is 1. The maximum Gasteiger partial charge on any atom is 0.251 e. The molecule has 0 saturated carbocycles. The molecule has 0 spiro atoms. The van der Waals surface area contributed by atoms with Gasteiger partial charge >= 0.3 is 0 Å². The molecule has 3 heterocycles. The lowest BCUT2D eigenvalue weighted by molar-refractivity contribution is -0.117. The van der Waals surface area contributed by atoms with Crippen molar-refractivity contribution >= 4 is 27.5 Å². The van der Waals surface area contributed by atoms with Crippen LogP contribution >= 0.6 is 0 Å². The number of nitrogens with one attached hydrogen (secondary N) is 1. The zero-order valence-corrected chi connectivity index (χ0v) is 19.3. The van der Waals surface area contributed by atoms with Gasteiger partial charge in [-0.05, 0) is 36.4 Å². The van der Waals surface area contributed by atoms with Gasteiger partial charge in [0.05, 0.1) is 24.2 Å². The van der Waals surface area contributed by atoms with E-state index in [1.807, 2.05) is 0 Å². The Morgan fingerprint density at radius 2 is 1.65 bits per heavy atom. The Bertz CT molecular complexity index is 1190. The van der Waals surface area contributed by atoms with Crippen LogP contribution in [0.1, 0.15) is 16.8 Å². The minimum Gasteiger partial charge on any atom is -0.486 e. The fourth-order valence-corrected chi connectivity index (χ4v) is 5.64. The molecule has 2 amide bonds. The summed E-state index contributed by atoms with van der Waals surface area (Å²) < 4.78 is 43.2. The number of carbonyl (C=O) groups excluding carboxylic acids is 2. The third-order valence-electron chi connectivity index (χ3n) is 6.02. The van der Waals surface area contributed by atoms with Crippen molar-refractivity contribution in [3.05, 3.63) is 48.0 Å². The van der Waals surface area contributed by atoms with Crippen LogP contribution in [0.5, 0.6) is 11.5 Å². The van der Waals surface area contributed by atoms with E-state index < -0.39 is 10.0 Å². The molecule has 3 aliphatic rings. The summed E-state index contributed by atoms with van der Waals surface area (Å²) in [5.41, 5.74) is 1.01. The van der Waals surface area contributed by atoms with Gasteiger partial charge in [-0.25, -0.2) is 8.42 Å². The Morgan fingerprint density at radius 1 is 0.941 bits per heavy atom. The van der Waals surface area contributed by atoms with Gasteiger partial charge in [0.2, 0.25) is 15.9 Å². The van der Waals surface area contributed by atoms with E-state index in [1.165, 1.54) is 28.6 Å². The molecule has 0 radical (unpaired) electrons. The minimum atomic E-state index is -3.63. The Balaban J connectivity index is 1.23. The molecular weight excluding hydrogens is 462 g/mol. The Labute approximate surface area is 197 Å². The van der Waals surface area contributed by atoms with Crippen molar-refractivity contribution in [2.24, 2.45) is 0 Å². The quantitative estimate of drug-likeness (QED) is 0.670. The summed E-state index contributed by atoms with van der Waals surface area (Å²) in [4.78, 5) is 27.1. The number of hydrogen-bond acceptors (Lipinski definition) is 7. The summed E-state index contributed by atoms with van der Waals surface area (Å²) in [6, 6.07) is 10.8. The van der Waals surface area contributed by atoms with E-state index in [-0.39, 0.29) is 29.2 Å². The number of ether oxygens (including phenoxy) is 3. The first-order chi connectivity index (χ1) is 16.4. The monoisotopic (exact) mass is 487 g/mol. The first kappa shape index (κ1) is 22.6.